The standard InChI is InChI=1S/C24H25NO9/c1-29-17-4-11(5-18(30-2)23(17)27)20-12-6-15-16(34-10-33-15)7-13(12)22(25-8-19(26)31-3)14-9-32-24(28)21(14)20/h4-7,14,20-22,25,27H,8-10H2,1-3H3/t14-,20+,21-,22+/m0/s1. The minimum atomic E-state index is -0.554. The summed E-state index contributed by atoms with van der Waals surface area (Å²) in [6.07, 6.45) is 0. The summed E-state index contributed by atoms with van der Waals surface area (Å²) in [6.45, 7) is 0.260. The third-order valence-electron chi connectivity index (χ3n) is 6.74. The number of nitrogens with one attached hydrogen (secondary N) is 1. The van der Waals surface area contributed by atoms with E-state index >= 15 is 0 Å². The number of methoxy groups -OCH3 is 3. The number of carbonyl (C=O) groups is 2. The van der Waals surface area contributed by atoms with Crippen LogP contribution in [0.25, 0.3) is 0 Å². The van der Waals surface area contributed by atoms with Gasteiger partial charge in [-0.3, -0.25) is 14.9 Å². The fraction of sp³-hybridized carbons (Fsp3) is 0.417. The zero-order valence-corrected chi connectivity index (χ0v) is 19.0. The van der Waals surface area contributed by atoms with Crippen molar-refractivity contribution in [3.63, 3.8) is 0 Å². The number of carbonyl (C=O) groups excluding carboxylic acids is 2. The van der Waals surface area contributed by atoms with Crippen molar-refractivity contribution >= 4 is 11.9 Å². The van der Waals surface area contributed by atoms with Gasteiger partial charge in [-0.05, 0) is 41.0 Å². The average molecular weight is 471 g/mol. The highest BCUT2D eigenvalue weighted by Gasteiger charge is 2.52. The largest absolute Gasteiger partial charge is 0.502 e. The van der Waals surface area contributed by atoms with Crippen molar-refractivity contribution in [3.05, 3.63) is 41.0 Å². The second kappa shape index (κ2) is 8.60. The highest BCUT2D eigenvalue weighted by Crippen LogP contribution is 2.55. The van der Waals surface area contributed by atoms with E-state index in [1.807, 2.05) is 12.1 Å². The van der Waals surface area contributed by atoms with Crippen LogP contribution in [0.5, 0.6) is 28.7 Å². The summed E-state index contributed by atoms with van der Waals surface area (Å²) in [5, 5.41) is 13.7. The van der Waals surface area contributed by atoms with Crippen LogP contribution in [0.3, 0.4) is 0 Å². The first-order valence-electron chi connectivity index (χ1n) is 10.8. The molecule has 5 rings (SSSR count). The highest BCUT2D eigenvalue weighted by atomic mass is 16.7. The Morgan fingerprint density at radius 1 is 1.03 bits per heavy atom. The summed E-state index contributed by atoms with van der Waals surface area (Å²) < 4.78 is 32.3. The molecule has 0 saturated carbocycles. The number of aromatic hydroxyl groups is 1. The van der Waals surface area contributed by atoms with Gasteiger partial charge in [0.05, 0.1) is 40.4 Å². The topological polar surface area (TPSA) is 122 Å². The molecule has 0 radical (unpaired) electrons. The van der Waals surface area contributed by atoms with Crippen molar-refractivity contribution in [2.75, 3.05) is 41.3 Å². The van der Waals surface area contributed by atoms with Crippen LogP contribution >= 0.6 is 0 Å². The van der Waals surface area contributed by atoms with Gasteiger partial charge in [0.2, 0.25) is 12.5 Å². The summed E-state index contributed by atoms with van der Waals surface area (Å²) in [4.78, 5) is 24.9. The Morgan fingerprint density at radius 3 is 2.29 bits per heavy atom. The van der Waals surface area contributed by atoms with Crippen LogP contribution in [0.15, 0.2) is 24.3 Å². The first-order valence-corrected chi connectivity index (χ1v) is 10.8. The number of ether oxygens (including phenoxy) is 6. The van der Waals surface area contributed by atoms with Gasteiger partial charge in [-0.25, -0.2) is 0 Å². The average Bonchev–Trinajstić information content (AvgIpc) is 3.47. The molecule has 2 N–H and O–H groups in total. The zero-order valence-electron chi connectivity index (χ0n) is 19.0. The van der Waals surface area contributed by atoms with Crippen LogP contribution in [0.2, 0.25) is 0 Å². The normalized spacial score (nSPS) is 24.1. The molecule has 3 aliphatic rings. The van der Waals surface area contributed by atoms with E-state index in [1.54, 1.807) is 12.1 Å². The van der Waals surface area contributed by atoms with Crippen molar-refractivity contribution in [2.24, 2.45) is 11.8 Å². The summed E-state index contributed by atoms with van der Waals surface area (Å²) >= 11 is 0. The van der Waals surface area contributed by atoms with Crippen LogP contribution in [0.1, 0.15) is 28.7 Å². The van der Waals surface area contributed by atoms with Crippen molar-refractivity contribution in [3.8, 4) is 28.7 Å². The number of esters is 2. The fourth-order valence-corrected chi connectivity index (χ4v) is 5.18. The van der Waals surface area contributed by atoms with Gasteiger partial charge in [-0.2, -0.15) is 0 Å². The molecule has 10 nitrogen and oxygen atoms in total. The lowest BCUT2D eigenvalue weighted by molar-refractivity contribution is -0.141. The number of rotatable bonds is 6. The Bertz CT molecular complexity index is 1120. The zero-order chi connectivity index (χ0) is 24.0. The van der Waals surface area contributed by atoms with Gasteiger partial charge < -0.3 is 33.5 Å². The molecule has 1 aliphatic carbocycles. The van der Waals surface area contributed by atoms with Crippen LogP contribution in [0, 0.1) is 11.8 Å². The SMILES string of the molecule is COC(=O)CN[C@@H]1c2cc3c(cc2[C@@H](c2cc(OC)c(O)c(OC)c2)[C@H]2C(=O)OC[C@@H]21)OCO3. The Hall–Kier alpha value is -3.66. The molecule has 1 saturated heterocycles. The highest BCUT2D eigenvalue weighted by molar-refractivity contribution is 5.79. The van der Waals surface area contributed by atoms with Gasteiger partial charge in [0.15, 0.2) is 23.0 Å². The van der Waals surface area contributed by atoms with E-state index in [0.717, 1.165) is 11.1 Å². The van der Waals surface area contributed by atoms with E-state index in [0.29, 0.717) is 17.1 Å². The molecule has 0 bridgehead atoms. The van der Waals surface area contributed by atoms with E-state index in [2.05, 4.69) is 5.32 Å². The molecule has 2 heterocycles. The lowest BCUT2D eigenvalue weighted by Crippen LogP contribution is -2.42. The molecule has 0 unspecified atom stereocenters. The third kappa shape index (κ3) is 3.45. The Balaban J connectivity index is 1.69. The van der Waals surface area contributed by atoms with Crippen LogP contribution in [-0.4, -0.2) is 58.3 Å². The number of cyclic esters (lactones) is 1. The summed E-state index contributed by atoms with van der Waals surface area (Å²) in [7, 11) is 4.22. The van der Waals surface area contributed by atoms with E-state index < -0.39 is 17.8 Å². The molecule has 2 aromatic carbocycles. The lowest BCUT2D eigenvalue weighted by Gasteiger charge is -2.39. The van der Waals surface area contributed by atoms with Crippen molar-refractivity contribution < 1.29 is 43.1 Å². The van der Waals surface area contributed by atoms with Gasteiger partial charge in [-0.1, -0.05) is 0 Å². The van der Waals surface area contributed by atoms with E-state index in [-0.39, 0.29) is 55.1 Å². The molecule has 180 valence electrons. The van der Waals surface area contributed by atoms with Gasteiger partial charge in [0.25, 0.3) is 0 Å². The lowest BCUT2D eigenvalue weighted by atomic mass is 9.65. The summed E-state index contributed by atoms with van der Waals surface area (Å²) in [5.41, 5.74) is 2.40. The minimum Gasteiger partial charge on any atom is -0.502 e. The number of benzene rings is 2. The maximum Gasteiger partial charge on any atom is 0.319 e. The molecular formula is C24H25NO9. The number of hydrogen-bond acceptors (Lipinski definition) is 10. The van der Waals surface area contributed by atoms with E-state index in [1.165, 1.54) is 21.3 Å². The van der Waals surface area contributed by atoms with Crippen molar-refractivity contribution in [1.29, 1.82) is 0 Å². The third-order valence-corrected chi connectivity index (χ3v) is 6.74. The second-order valence-corrected chi connectivity index (χ2v) is 8.34. The molecule has 34 heavy (non-hydrogen) atoms. The molecule has 2 aliphatic heterocycles. The smallest absolute Gasteiger partial charge is 0.319 e. The number of fused-ring (bicyclic) bond motifs is 3. The Kier molecular flexibility index (Phi) is 5.60. The number of hydrogen-bond donors (Lipinski definition) is 2. The number of phenols is 1. The van der Waals surface area contributed by atoms with Gasteiger partial charge in [-0.15, -0.1) is 0 Å². The first kappa shape index (κ1) is 22.1. The Labute approximate surface area is 195 Å². The summed E-state index contributed by atoms with van der Waals surface area (Å²) in [5.74, 6) is -0.528. The molecule has 10 heteroatoms. The molecule has 0 spiro atoms. The fourth-order valence-electron chi connectivity index (χ4n) is 5.18. The predicted molar refractivity (Wildman–Crippen MR) is 116 cm³/mol. The van der Waals surface area contributed by atoms with Crippen LogP contribution in [-0.2, 0) is 19.1 Å². The van der Waals surface area contributed by atoms with Gasteiger partial charge in [0.1, 0.15) is 0 Å². The maximum atomic E-state index is 13.0. The van der Waals surface area contributed by atoms with Crippen LogP contribution in [0.4, 0.5) is 0 Å². The van der Waals surface area contributed by atoms with Crippen LogP contribution < -0.4 is 24.3 Å². The van der Waals surface area contributed by atoms with Gasteiger partial charge in [0, 0.05) is 17.9 Å². The first-order chi connectivity index (χ1) is 16.5. The molecular weight excluding hydrogens is 446 g/mol. The predicted octanol–water partition coefficient (Wildman–Crippen LogP) is 1.88. The molecule has 0 amide bonds. The second-order valence-electron chi connectivity index (χ2n) is 8.34. The molecule has 4 atom stereocenters. The van der Waals surface area contributed by atoms with Crippen molar-refractivity contribution in [1.82, 2.24) is 5.32 Å². The minimum absolute atomic E-state index is 0.0298. The monoisotopic (exact) mass is 471 g/mol. The van der Waals surface area contributed by atoms with E-state index in [9.17, 15) is 14.7 Å². The molecule has 2 aromatic rings. The molecule has 1 fully saturated rings. The summed E-state index contributed by atoms with van der Waals surface area (Å²) in [6, 6.07) is 6.77. The van der Waals surface area contributed by atoms with Crippen molar-refractivity contribution in [2.45, 2.75) is 12.0 Å². The number of phenolic OH excluding ortho intramolecular Hbond substituents is 1. The maximum absolute atomic E-state index is 13.0. The van der Waals surface area contributed by atoms with E-state index in [4.69, 9.17) is 28.4 Å². The van der Waals surface area contributed by atoms with Gasteiger partial charge >= 0.3 is 11.9 Å². The quantitative estimate of drug-likeness (QED) is 0.604. The molecule has 0 aromatic heterocycles. The Morgan fingerprint density at radius 2 is 1.68 bits per heavy atom.